The molecule has 1 fully saturated rings. The van der Waals surface area contributed by atoms with Gasteiger partial charge in [-0.25, -0.2) is 13.2 Å². The van der Waals surface area contributed by atoms with Crippen LogP contribution in [0.5, 0.6) is 0 Å². The molecule has 1 aliphatic carbocycles. The molecule has 0 aromatic heterocycles. The molecule has 0 atom stereocenters. The van der Waals surface area contributed by atoms with E-state index in [9.17, 15) is 18.0 Å². The quantitative estimate of drug-likeness (QED) is 0.883. The van der Waals surface area contributed by atoms with Crippen LogP contribution in [-0.4, -0.2) is 5.91 Å². The van der Waals surface area contributed by atoms with Crippen LogP contribution in [0.4, 0.5) is 18.9 Å². The van der Waals surface area contributed by atoms with Crippen molar-refractivity contribution in [2.45, 2.75) is 31.1 Å². The fourth-order valence-corrected chi connectivity index (χ4v) is 3.28. The number of nitrogens with one attached hydrogen (secondary N) is 1. The molecule has 120 valence electrons. The Morgan fingerprint density at radius 2 is 1.65 bits per heavy atom. The molecule has 0 spiro atoms. The summed E-state index contributed by atoms with van der Waals surface area (Å²) in [7, 11) is 0. The lowest BCUT2D eigenvalue weighted by Gasteiger charge is -2.28. The summed E-state index contributed by atoms with van der Waals surface area (Å²) in [6.07, 6.45) is 2.60. The number of benzene rings is 2. The van der Waals surface area contributed by atoms with Gasteiger partial charge >= 0.3 is 0 Å². The number of anilines is 1. The van der Waals surface area contributed by atoms with E-state index in [0.717, 1.165) is 18.9 Å². The second-order valence-corrected chi connectivity index (χ2v) is 5.85. The van der Waals surface area contributed by atoms with Gasteiger partial charge in [0, 0.05) is 11.6 Å². The van der Waals surface area contributed by atoms with E-state index in [1.54, 1.807) is 18.2 Å². The normalized spacial score (nSPS) is 16.3. The van der Waals surface area contributed by atoms with Crippen LogP contribution in [0.1, 0.15) is 31.2 Å². The molecule has 3 rings (SSSR count). The third-order valence-corrected chi connectivity index (χ3v) is 4.46. The smallest absolute Gasteiger partial charge is 0.235 e. The molecule has 5 heteroatoms. The number of amides is 1. The first-order valence-electron chi connectivity index (χ1n) is 7.54. The van der Waals surface area contributed by atoms with Crippen molar-refractivity contribution in [2.75, 3.05) is 5.32 Å². The van der Waals surface area contributed by atoms with Crippen LogP contribution in [0.15, 0.2) is 42.5 Å². The molecule has 0 saturated heterocycles. The van der Waals surface area contributed by atoms with Gasteiger partial charge < -0.3 is 5.32 Å². The first kappa shape index (κ1) is 15.6. The lowest BCUT2D eigenvalue weighted by molar-refractivity contribution is -0.121. The monoisotopic (exact) mass is 319 g/mol. The van der Waals surface area contributed by atoms with E-state index in [1.165, 1.54) is 12.1 Å². The Labute approximate surface area is 132 Å². The average molecular weight is 319 g/mol. The second kappa shape index (κ2) is 6.07. The number of rotatable bonds is 3. The van der Waals surface area contributed by atoms with Crippen LogP contribution < -0.4 is 5.32 Å². The Balaban J connectivity index is 1.95. The summed E-state index contributed by atoms with van der Waals surface area (Å²) < 4.78 is 41.0. The van der Waals surface area contributed by atoms with Crippen molar-refractivity contribution in [2.24, 2.45) is 0 Å². The molecule has 0 heterocycles. The van der Waals surface area contributed by atoms with Crippen LogP contribution in [0.3, 0.4) is 0 Å². The lowest BCUT2D eigenvalue weighted by Crippen LogP contribution is -2.39. The molecular formula is C18H16F3NO. The second-order valence-electron chi connectivity index (χ2n) is 5.85. The van der Waals surface area contributed by atoms with Crippen molar-refractivity contribution in [3.63, 3.8) is 0 Å². The number of hydrogen-bond acceptors (Lipinski definition) is 1. The fourth-order valence-electron chi connectivity index (χ4n) is 3.28. The summed E-state index contributed by atoms with van der Waals surface area (Å²) >= 11 is 0. The third-order valence-electron chi connectivity index (χ3n) is 4.46. The van der Waals surface area contributed by atoms with Gasteiger partial charge in [0.05, 0.1) is 11.1 Å². The summed E-state index contributed by atoms with van der Waals surface area (Å²) in [4.78, 5) is 12.8. The molecule has 1 N–H and O–H groups in total. The minimum atomic E-state index is -1.01. The first-order valence-corrected chi connectivity index (χ1v) is 7.54. The van der Waals surface area contributed by atoms with Crippen LogP contribution >= 0.6 is 0 Å². The van der Waals surface area contributed by atoms with Crippen molar-refractivity contribution in [1.82, 2.24) is 0 Å². The third kappa shape index (κ3) is 2.83. The van der Waals surface area contributed by atoms with E-state index in [2.05, 4.69) is 5.32 Å². The maximum atomic E-state index is 14.2. The number of halogens is 3. The van der Waals surface area contributed by atoms with E-state index in [1.807, 2.05) is 0 Å². The Kier molecular flexibility index (Phi) is 4.11. The van der Waals surface area contributed by atoms with E-state index in [-0.39, 0.29) is 5.69 Å². The largest absolute Gasteiger partial charge is 0.323 e. The van der Waals surface area contributed by atoms with E-state index in [0.29, 0.717) is 24.5 Å². The van der Waals surface area contributed by atoms with Crippen LogP contribution in [0, 0.1) is 17.5 Å². The highest BCUT2D eigenvalue weighted by Gasteiger charge is 2.44. The van der Waals surface area contributed by atoms with Gasteiger partial charge in [-0.05, 0) is 31.0 Å². The zero-order chi connectivity index (χ0) is 16.4. The molecule has 1 amide bonds. The molecule has 0 radical (unpaired) electrons. The molecular weight excluding hydrogens is 303 g/mol. The Bertz CT molecular complexity index is 739. The molecule has 23 heavy (non-hydrogen) atoms. The summed E-state index contributed by atoms with van der Waals surface area (Å²) in [6.45, 7) is 0. The molecule has 2 aromatic carbocycles. The molecule has 2 nitrogen and oxygen atoms in total. The van der Waals surface area contributed by atoms with Crippen molar-refractivity contribution in [3.05, 3.63) is 65.5 Å². The SMILES string of the molecule is O=C(Nc1ccc(F)cc1F)C1(c2ccccc2F)CCCC1. The predicted molar refractivity (Wildman–Crippen MR) is 81.5 cm³/mol. The first-order chi connectivity index (χ1) is 11.0. The van der Waals surface area contributed by atoms with Gasteiger partial charge in [-0.1, -0.05) is 31.0 Å². The van der Waals surface area contributed by atoms with Gasteiger partial charge in [-0.3, -0.25) is 4.79 Å². The summed E-state index contributed by atoms with van der Waals surface area (Å²) in [5, 5.41) is 2.50. The van der Waals surface area contributed by atoms with Crippen molar-refractivity contribution < 1.29 is 18.0 Å². The maximum absolute atomic E-state index is 14.2. The summed E-state index contributed by atoms with van der Waals surface area (Å²) in [6, 6.07) is 9.13. The van der Waals surface area contributed by atoms with Gasteiger partial charge in [-0.2, -0.15) is 0 Å². The highest BCUT2D eigenvalue weighted by atomic mass is 19.1. The molecule has 1 aliphatic rings. The minimum Gasteiger partial charge on any atom is -0.323 e. The lowest BCUT2D eigenvalue weighted by atomic mass is 9.77. The number of hydrogen-bond donors (Lipinski definition) is 1. The van der Waals surface area contributed by atoms with Gasteiger partial charge in [0.2, 0.25) is 5.91 Å². The van der Waals surface area contributed by atoms with Crippen molar-refractivity contribution in [1.29, 1.82) is 0 Å². The van der Waals surface area contributed by atoms with E-state index in [4.69, 9.17) is 0 Å². The molecule has 2 aromatic rings. The number of carbonyl (C=O) groups is 1. The molecule has 1 saturated carbocycles. The Hall–Kier alpha value is -2.30. The average Bonchev–Trinajstić information content (AvgIpc) is 3.01. The highest BCUT2D eigenvalue weighted by Crippen LogP contribution is 2.43. The fraction of sp³-hybridized carbons (Fsp3) is 0.278. The van der Waals surface area contributed by atoms with Crippen LogP contribution in [-0.2, 0) is 10.2 Å². The number of carbonyl (C=O) groups excluding carboxylic acids is 1. The van der Waals surface area contributed by atoms with E-state index >= 15 is 0 Å². The highest BCUT2D eigenvalue weighted by molar-refractivity contribution is 5.99. The molecule has 0 unspecified atom stereocenters. The molecule has 0 bridgehead atoms. The van der Waals surface area contributed by atoms with Crippen LogP contribution in [0.25, 0.3) is 0 Å². The standard InChI is InChI=1S/C18H16F3NO/c19-12-7-8-16(15(21)11-12)22-17(23)18(9-3-4-10-18)13-5-1-2-6-14(13)20/h1-2,5-8,11H,3-4,9-10H2,(H,22,23). The summed E-state index contributed by atoms with van der Waals surface area (Å²) in [5.41, 5.74) is -0.775. The predicted octanol–water partition coefficient (Wildman–Crippen LogP) is 4.55. The van der Waals surface area contributed by atoms with Gasteiger partial charge in [0.1, 0.15) is 17.5 Å². The summed E-state index contributed by atoms with van der Waals surface area (Å²) in [5.74, 6) is -2.46. The van der Waals surface area contributed by atoms with Crippen molar-refractivity contribution >= 4 is 11.6 Å². The van der Waals surface area contributed by atoms with E-state index < -0.39 is 28.8 Å². The van der Waals surface area contributed by atoms with Gasteiger partial charge in [0.15, 0.2) is 0 Å². The minimum absolute atomic E-state index is 0.0981. The zero-order valence-corrected chi connectivity index (χ0v) is 12.4. The van der Waals surface area contributed by atoms with Gasteiger partial charge in [0.25, 0.3) is 0 Å². The zero-order valence-electron chi connectivity index (χ0n) is 12.4. The topological polar surface area (TPSA) is 29.1 Å². The Morgan fingerprint density at radius 1 is 0.957 bits per heavy atom. The van der Waals surface area contributed by atoms with Crippen molar-refractivity contribution in [3.8, 4) is 0 Å². The van der Waals surface area contributed by atoms with Gasteiger partial charge in [-0.15, -0.1) is 0 Å². The Morgan fingerprint density at radius 3 is 2.30 bits per heavy atom. The maximum Gasteiger partial charge on any atom is 0.235 e. The van der Waals surface area contributed by atoms with Crippen LogP contribution in [0.2, 0.25) is 0 Å². The molecule has 0 aliphatic heterocycles.